The fraction of sp³-hybridized carbons (Fsp3) is 0.125. The van der Waals surface area contributed by atoms with Gasteiger partial charge in [0.25, 0.3) is 0 Å². The van der Waals surface area contributed by atoms with Gasteiger partial charge in [0.15, 0.2) is 0 Å². The number of nitrogens with zero attached hydrogens (tertiary/aromatic N) is 1. The van der Waals surface area contributed by atoms with E-state index in [0.717, 1.165) is 21.6 Å². The molecule has 1 heterocycles. The zero-order valence-electron chi connectivity index (χ0n) is 6.66. The number of thioether (sulfide) groups is 1. The predicted octanol–water partition coefficient (Wildman–Crippen LogP) is 1.87. The molecule has 4 heteroatoms. The molecule has 0 aliphatic rings. The van der Waals surface area contributed by atoms with Crippen LogP contribution in [-0.4, -0.2) is 16.2 Å². The van der Waals surface area contributed by atoms with Crippen LogP contribution >= 0.6 is 11.8 Å². The number of nitrogens with two attached hydrogens (primary N) is 1. The average molecular weight is 179 g/mol. The Morgan fingerprint density at radius 2 is 2.33 bits per heavy atom. The molecule has 0 spiro atoms. The number of aromatic nitrogens is 2. The molecule has 0 radical (unpaired) electrons. The quantitative estimate of drug-likeness (QED) is 0.519. The summed E-state index contributed by atoms with van der Waals surface area (Å²) in [6.07, 6.45) is 3.68. The summed E-state index contributed by atoms with van der Waals surface area (Å²) in [7, 11) is 0. The Hall–Kier alpha value is -1.16. The van der Waals surface area contributed by atoms with Crippen LogP contribution in [0.15, 0.2) is 23.4 Å². The first-order valence-electron chi connectivity index (χ1n) is 3.58. The minimum Gasteiger partial charge on any atom is -0.398 e. The Bertz CT molecular complexity index is 408. The molecule has 0 amide bonds. The lowest BCUT2D eigenvalue weighted by molar-refractivity contribution is 1.33. The van der Waals surface area contributed by atoms with Crippen LogP contribution in [0.1, 0.15) is 0 Å². The number of fused-ring (bicyclic) bond motifs is 1. The summed E-state index contributed by atoms with van der Waals surface area (Å²) in [5, 5.41) is 0. The number of hydrogen-bond acceptors (Lipinski definition) is 3. The highest BCUT2D eigenvalue weighted by atomic mass is 32.2. The van der Waals surface area contributed by atoms with E-state index in [2.05, 4.69) is 9.97 Å². The van der Waals surface area contributed by atoms with Crippen LogP contribution in [0.5, 0.6) is 0 Å². The van der Waals surface area contributed by atoms with E-state index in [4.69, 9.17) is 5.73 Å². The fourth-order valence-electron chi connectivity index (χ4n) is 1.21. The molecule has 0 aliphatic heterocycles. The number of rotatable bonds is 1. The third-order valence-corrected chi connectivity index (χ3v) is 2.62. The van der Waals surface area contributed by atoms with Crippen LogP contribution in [0.3, 0.4) is 0 Å². The molecule has 0 bridgehead atoms. The zero-order chi connectivity index (χ0) is 8.55. The smallest absolute Gasteiger partial charge is 0.104 e. The lowest BCUT2D eigenvalue weighted by Crippen LogP contribution is -1.88. The van der Waals surface area contributed by atoms with Gasteiger partial charge in [-0.2, -0.15) is 0 Å². The monoisotopic (exact) mass is 179 g/mol. The third kappa shape index (κ3) is 0.956. The second kappa shape index (κ2) is 2.71. The van der Waals surface area contributed by atoms with Crippen molar-refractivity contribution >= 4 is 28.5 Å². The van der Waals surface area contributed by atoms with Crippen LogP contribution in [0.25, 0.3) is 11.0 Å². The van der Waals surface area contributed by atoms with Crippen molar-refractivity contribution in [1.82, 2.24) is 9.97 Å². The van der Waals surface area contributed by atoms with Crippen molar-refractivity contribution in [2.75, 3.05) is 12.0 Å². The Morgan fingerprint density at radius 3 is 3.08 bits per heavy atom. The van der Waals surface area contributed by atoms with Gasteiger partial charge in [0, 0.05) is 5.69 Å². The molecule has 1 aromatic carbocycles. The van der Waals surface area contributed by atoms with Gasteiger partial charge in [0.05, 0.1) is 16.7 Å². The second-order valence-corrected chi connectivity index (χ2v) is 3.30. The van der Waals surface area contributed by atoms with Gasteiger partial charge in [-0.1, -0.05) is 0 Å². The van der Waals surface area contributed by atoms with E-state index in [1.807, 2.05) is 18.4 Å². The van der Waals surface area contributed by atoms with Gasteiger partial charge in [-0.25, -0.2) is 4.98 Å². The number of benzene rings is 1. The van der Waals surface area contributed by atoms with Gasteiger partial charge < -0.3 is 10.7 Å². The van der Waals surface area contributed by atoms with Crippen LogP contribution in [0.2, 0.25) is 0 Å². The highest BCUT2D eigenvalue weighted by Crippen LogP contribution is 2.29. The molecule has 2 aromatic rings. The van der Waals surface area contributed by atoms with Gasteiger partial charge in [-0.05, 0) is 18.4 Å². The number of nitrogen functional groups attached to an aromatic ring is 1. The third-order valence-electron chi connectivity index (χ3n) is 1.78. The number of anilines is 1. The van der Waals surface area contributed by atoms with Crippen LogP contribution < -0.4 is 5.73 Å². The zero-order valence-corrected chi connectivity index (χ0v) is 7.48. The summed E-state index contributed by atoms with van der Waals surface area (Å²) < 4.78 is 0. The standard InChI is InChI=1S/C8H9N3S/c1-12-8-5(9)2-3-6-7(8)11-4-10-6/h2-4H,9H2,1H3,(H,10,11). The van der Waals surface area contributed by atoms with Crippen molar-refractivity contribution in [3.63, 3.8) is 0 Å². The molecular formula is C8H9N3S. The molecule has 0 atom stereocenters. The molecule has 2 rings (SSSR count). The van der Waals surface area contributed by atoms with E-state index in [-0.39, 0.29) is 0 Å². The van der Waals surface area contributed by atoms with Crippen LogP contribution in [0, 0.1) is 0 Å². The summed E-state index contributed by atoms with van der Waals surface area (Å²) in [6.45, 7) is 0. The first-order chi connectivity index (χ1) is 5.83. The first kappa shape index (κ1) is 7.49. The molecule has 1 aromatic heterocycles. The van der Waals surface area contributed by atoms with Crippen LogP contribution in [-0.2, 0) is 0 Å². The Kier molecular flexibility index (Phi) is 1.69. The van der Waals surface area contributed by atoms with Crippen molar-refractivity contribution in [2.24, 2.45) is 0 Å². The van der Waals surface area contributed by atoms with E-state index in [1.54, 1.807) is 18.1 Å². The molecule has 12 heavy (non-hydrogen) atoms. The number of nitrogens with one attached hydrogen (secondary N) is 1. The SMILES string of the molecule is CSc1c(N)ccc2[nH]cnc12. The Balaban J connectivity index is 2.83. The molecule has 3 nitrogen and oxygen atoms in total. The fourth-order valence-corrected chi connectivity index (χ4v) is 1.87. The lowest BCUT2D eigenvalue weighted by atomic mass is 10.3. The maximum absolute atomic E-state index is 5.78. The molecular weight excluding hydrogens is 170 g/mol. The van der Waals surface area contributed by atoms with E-state index < -0.39 is 0 Å². The first-order valence-corrected chi connectivity index (χ1v) is 4.81. The summed E-state index contributed by atoms with van der Waals surface area (Å²) >= 11 is 1.62. The number of imidazole rings is 1. The maximum Gasteiger partial charge on any atom is 0.104 e. The summed E-state index contributed by atoms with van der Waals surface area (Å²) in [6, 6.07) is 3.84. The molecule has 0 unspecified atom stereocenters. The topological polar surface area (TPSA) is 54.7 Å². The Morgan fingerprint density at radius 1 is 1.50 bits per heavy atom. The highest BCUT2D eigenvalue weighted by Gasteiger charge is 2.05. The van der Waals surface area contributed by atoms with Crippen molar-refractivity contribution < 1.29 is 0 Å². The van der Waals surface area contributed by atoms with Gasteiger partial charge in [-0.3, -0.25) is 0 Å². The van der Waals surface area contributed by atoms with Gasteiger partial charge in [0.2, 0.25) is 0 Å². The number of aromatic amines is 1. The summed E-state index contributed by atoms with van der Waals surface area (Å²) in [5.41, 5.74) is 8.57. The van der Waals surface area contributed by atoms with E-state index in [0.29, 0.717) is 0 Å². The maximum atomic E-state index is 5.78. The van der Waals surface area contributed by atoms with E-state index >= 15 is 0 Å². The predicted molar refractivity (Wildman–Crippen MR) is 52.3 cm³/mol. The van der Waals surface area contributed by atoms with Crippen molar-refractivity contribution in [2.45, 2.75) is 4.90 Å². The minimum absolute atomic E-state index is 0.794. The van der Waals surface area contributed by atoms with Crippen molar-refractivity contribution in [3.8, 4) is 0 Å². The van der Waals surface area contributed by atoms with Gasteiger partial charge in [0.1, 0.15) is 5.52 Å². The number of hydrogen-bond donors (Lipinski definition) is 2. The molecule has 3 N–H and O–H groups in total. The summed E-state index contributed by atoms with van der Waals surface area (Å²) in [4.78, 5) is 8.29. The summed E-state index contributed by atoms with van der Waals surface area (Å²) in [5.74, 6) is 0. The second-order valence-electron chi connectivity index (χ2n) is 2.49. The van der Waals surface area contributed by atoms with Gasteiger partial charge >= 0.3 is 0 Å². The minimum atomic E-state index is 0.794. The van der Waals surface area contributed by atoms with Crippen molar-refractivity contribution in [3.05, 3.63) is 18.5 Å². The average Bonchev–Trinajstić information content (AvgIpc) is 2.52. The lowest BCUT2D eigenvalue weighted by Gasteiger charge is -2.01. The Labute approximate surface area is 74.4 Å². The van der Waals surface area contributed by atoms with Gasteiger partial charge in [-0.15, -0.1) is 11.8 Å². The highest BCUT2D eigenvalue weighted by molar-refractivity contribution is 7.99. The molecule has 62 valence electrons. The normalized spacial score (nSPS) is 10.8. The molecule has 0 aliphatic carbocycles. The van der Waals surface area contributed by atoms with Crippen molar-refractivity contribution in [1.29, 1.82) is 0 Å². The van der Waals surface area contributed by atoms with Crippen LogP contribution in [0.4, 0.5) is 5.69 Å². The molecule has 0 saturated heterocycles. The molecule has 0 saturated carbocycles. The van der Waals surface area contributed by atoms with E-state index in [1.165, 1.54) is 0 Å². The van der Waals surface area contributed by atoms with E-state index in [9.17, 15) is 0 Å². The number of H-pyrrole nitrogens is 1. The molecule has 0 fully saturated rings. The largest absolute Gasteiger partial charge is 0.398 e.